The van der Waals surface area contributed by atoms with Crippen LogP contribution in [0.15, 0.2) is 18.2 Å². The molecule has 2 N–H and O–H groups in total. The quantitative estimate of drug-likeness (QED) is 0.506. The maximum atomic E-state index is 14.1. The highest BCUT2D eigenvalue weighted by atomic mass is 32.2. The first-order valence-electron chi connectivity index (χ1n) is 6.09. The van der Waals surface area contributed by atoms with E-state index in [2.05, 4.69) is 0 Å². The van der Waals surface area contributed by atoms with Crippen LogP contribution in [0.5, 0.6) is 0 Å². The van der Waals surface area contributed by atoms with Crippen LogP contribution >= 0.6 is 0 Å². The van der Waals surface area contributed by atoms with Crippen LogP contribution in [-0.4, -0.2) is 14.2 Å². The number of hydrogen-bond donors (Lipinski definition) is 1. The average molecular weight is 336 g/mol. The van der Waals surface area contributed by atoms with Crippen molar-refractivity contribution in [2.45, 2.75) is 31.9 Å². The van der Waals surface area contributed by atoms with Crippen molar-refractivity contribution >= 4 is 22.6 Å². The van der Waals surface area contributed by atoms with Crippen LogP contribution in [-0.2, 0) is 11.4 Å². The summed E-state index contributed by atoms with van der Waals surface area (Å²) < 4.78 is 50.1. The van der Waals surface area contributed by atoms with Gasteiger partial charge in [-0.2, -0.15) is 5.14 Å². The Hall–Kier alpha value is -1.58. The molecule has 0 spiro atoms. The molecule has 0 saturated heterocycles. The lowest BCUT2D eigenvalue weighted by atomic mass is 9.99. The molecule has 0 aliphatic carbocycles. The number of nitrogens with zero attached hydrogens (tertiary/aromatic N) is 1. The summed E-state index contributed by atoms with van der Waals surface area (Å²) in [6.07, 6.45) is -1.86. The Morgan fingerprint density at radius 3 is 2.41 bits per heavy atom. The molecule has 0 bridgehead atoms. The van der Waals surface area contributed by atoms with E-state index in [9.17, 15) is 27.8 Å². The van der Waals surface area contributed by atoms with Gasteiger partial charge in [0.2, 0.25) is 0 Å². The number of nitro groups is 1. The topological polar surface area (TPSA) is 92.2 Å². The Balaban J connectivity index is 3.52. The molecule has 0 radical (unpaired) electrons. The summed E-state index contributed by atoms with van der Waals surface area (Å²) in [5, 5.41) is 16.1. The van der Waals surface area contributed by atoms with E-state index in [1.807, 2.05) is 0 Å². The summed E-state index contributed by atoms with van der Waals surface area (Å²) in [5.74, 6) is -1.24. The Labute approximate surface area is 128 Å². The Morgan fingerprint density at radius 2 is 2.00 bits per heavy atom. The van der Waals surface area contributed by atoms with Crippen molar-refractivity contribution in [1.82, 2.24) is 0 Å². The predicted molar refractivity (Wildman–Crippen MR) is 78.1 cm³/mol. The van der Waals surface area contributed by atoms with Crippen LogP contribution in [0, 0.1) is 15.9 Å². The number of benzene rings is 1. The van der Waals surface area contributed by atoms with Gasteiger partial charge in [-0.25, -0.2) is 13.2 Å². The van der Waals surface area contributed by atoms with Gasteiger partial charge in [-0.05, 0) is 32.4 Å². The molecule has 0 amide bonds. The summed E-state index contributed by atoms with van der Waals surface area (Å²) >= 11 is -1.79. The largest absolute Gasteiger partial charge is 0.598 e. The first-order valence-corrected chi connectivity index (χ1v) is 7.30. The molecule has 1 rings (SSSR count). The molecule has 5 nitrogen and oxygen atoms in total. The second-order valence-corrected chi connectivity index (χ2v) is 6.83. The molecule has 22 heavy (non-hydrogen) atoms. The van der Waals surface area contributed by atoms with Gasteiger partial charge in [0.15, 0.2) is 4.75 Å². The van der Waals surface area contributed by atoms with Crippen molar-refractivity contribution in [2.24, 2.45) is 5.14 Å². The van der Waals surface area contributed by atoms with Crippen molar-refractivity contribution in [3.05, 3.63) is 45.3 Å². The molecule has 9 heteroatoms. The normalized spacial score (nSPS) is 14.3. The van der Waals surface area contributed by atoms with E-state index in [0.717, 1.165) is 6.07 Å². The SMILES string of the molecule is CC(=CC(C)(C)[S+](N)[O-])c1cc([N+](=O)[O-])cc(C(F)F)c1F. The number of non-ortho nitro benzene ring substituents is 1. The first kappa shape index (κ1) is 18.5. The third kappa shape index (κ3) is 3.99. The minimum Gasteiger partial charge on any atom is -0.598 e. The van der Waals surface area contributed by atoms with Crippen molar-refractivity contribution in [2.75, 3.05) is 0 Å². The molecule has 1 unspecified atom stereocenters. The lowest BCUT2D eigenvalue weighted by Gasteiger charge is -2.21. The molecule has 122 valence electrons. The van der Waals surface area contributed by atoms with Gasteiger partial charge in [0.25, 0.3) is 12.1 Å². The van der Waals surface area contributed by atoms with Gasteiger partial charge in [-0.15, -0.1) is 0 Å². The number of alkyl halides is 2. The van der Waals surface area contributed by atoms with Crippen LogP contribution in [0.4, 0.5) is 18.9 Å². The third-order valence-corrected chi connectivity index (χ3v) is 4.19. The average Bonchev–Trinajstić information content (AvgIpc) is 2.37. The van der Waals surface area contributed by atoms with E-state index in [-0.39, 0.29) is 11.1 Å². The summed E-state index contributed by atoms with van der Waals surface area (Å²) in [6, 6.07) is 1.37. The zero-order valence-electron chi connectivity index (χ0n) is 12.1. The molecule has 0 aliphatic rings. The number of nitrogens with two attached hydrogens (primary N) is 1. The summed E-state index contributed by atoms with van der Waals surface area (Å²) in [6.45, 7) is 4.40. The highest BCUT2D eigenvalue weighted by molar-refractivity contribution is 7.90. The smallest absolute Gasteiger partial charge is 0.270 e. The highest BCUT2D eigenvalue weighted by Crippen LogP contribution is 2.33. The number of nitro benzene ring substituents is 1. The zero-order chi connectivity index (χ0) is 17.2. The van der Waals surface area contributed by atoms with E-state index in [0.29, 0.717) is 6.07 Å². The van der Waals surface area contributed by atoms with Crippen molar-refractivity contribution < 1.29 is 22.6 Å². The van der Waals surface area contributed by atoms with Gasteiger partial charge in [-0.1, -0.05) is 0 Å². The van der Waals surface area contributed by atoms with Gasteiger partial charge in [0, 0.05) is 29.1 Å². The second-order valence-electron chi connectivity index (χ2n) is 5.18. The van der Waals surface area contributed by atoms with E-state index < -0.39 is 44.5 Å². The van der Waals surface area contributed by atoms with E-state index in [1.165, 1.54) is 26.8 Å². The standard InChI is InChI=1S/C13H15F3N2O3S/c1-7(6-13(2,3)22(17)21)9-4-8(18(19)20)5-10(11(9)14)12(15)16/h4-6,12H,17H2,1-3H3. The van der Waals surface area contributed by atoms with Gasteiger partial charge < -0.3 is 4.55 Å². The third-order valence-electron chi connectivity index (χ3n) is 3.04. The maximum absolute atomic E-state index is 14.1. The van der Waals surface area contributed by atoms with E-state index in [4.69, 9.17) is 5.14 Å². The van der Waals surface area contributed by atoms with Crippen LogP contribution in [0.2, 0.25) is 0 Å². The molecule has 0 fully saturated rings. The molecule has 0 aromatic heterocycles. The fourth-order valence-corrected chi connectivity index (χ4v) is 2.13. The molecule has 1 aromatic carbocycles. The minimum atomic E-state index is -3.19. The fraction of sp³-hybridized carbons (Fsp3) is 0.385. The number of hydrogen-bond acceptors (Lipinski definition) is 4. The summed E-state index contributed by atoms with van der Waals surface area (Å²) in [4.78, 5) is 9.92. The molecule has 0 heterocycles. The molecule has 0 saturated carbocycles. The van der Waals surface area contributed by atoms with Gasteiger partial charge in [-0.3, -0.25) is 10.1 Å². The molecule has 1 aromatic rings. The van der Waals surface area contributed by atoms with Crippen LogP contribution in [0.3, 0.4) is 0 Å². The first-order chi connectivity index (χ1) is 9.97. The van der Waals surface area contributed by atoms with E-state index in [1.54, 1.807) is 0 Å². The lowest BCUT2D eigenvalue weighted by Crippen LogP contribution is -2.36. The minimum absolute atomic E-state index is 0.131. The second kappa shape index (κ2) is 6.67. The van der Waals surface area contributed by atoms with Gasteiger partial charge >= 0.3 is 0 Å². The van der Waals surface area contributed by atoms with Crippen molar-refractivity contribution in [3.8, 4) is 0 Å². The predicted octanol–water partition coefficient (Wildman–Crippen LogP) is 3.48. The van der Waals surface area contributed by atoms with Crippen LogP contribution < -0.4 is 5.14 Å². The van der Waals surface area contributed by atoms with Crippen LogP contribution in [0.1, 0.15) is 38.3 Å². The monoisotopic (exact) mass is 336 g/mol. The van der Waals surface area contributed by atoms with Crippen molar-refractivity contribution in [1.29, 1.82) is 0 Å². The molecular weight excluding hydrogens is 321 g/mol. The molecule has 0 aliphatic heterocycles. The highest BCUT2D eigenvalue weighted by Gasteiger charge is 2.29. The summed E-state index contributed by atoms with van der Waals surface area (Å²) in [7, 11) is 0. The lowest BCUT2D eigenvalue weighted by molar-refractivity contribution is -0.385. The number of allylic oxidation sites excluding steroid dienone is 1. The Morgan fingerprint density at radius 1 is 1.45 bits per heavy atom. The van der Waals surface area contributed by atoms with Gasteiger partial charge in [0.1, 0.15) is 5.82 Å². The number of rotatable bonds is 5. The van der Waals surface area contributed by atoms with Crippen molar-refractivity contribution in [3.63, 3.8) is 0 Å². The van der Waals surface area contributed by atoms with E-state index >= 15 is 0 Å². The Kier molecular flexibility index (Phi) is 5.60. The van der Waals surface area contributed by atoms with Gasteiger partial charge in [0.05, 0.1) is 10.5 Å². The number of halogens is 3. The zero-order valence-corrected chi connectivity index (χ0v) is 12.9. The van der Waals surface area contributed by atoms with Crippen LogP contribution in [0.25, 0.3) is 5.57 Å². The molecule has 1 atom stereocenters. The Bertz CT molecular complexity index is 619. The summed E-state index contributed by atoms with van der Waals surface area (Å²) in [5.41, 5.74) is -1.91. The fourth-order valence-electron chi connectivity index (χ4n) is 1.84. The maximum Gasteiger partial charge on any atom is 0.270 e. The molecular formula is C13H15F3N2O3S.